The van der Waals surface area contributed by atoms with Gasteiger partial charge in [-0.2, -0.15) is 0 Å². The highest BCUT2D eigenvalue weighted by Gasteiger charge is 1.95. The van der Waals surface area contributed by atoms with Crippen LogP contribution >= 0.6 is 0 Å². The predicted molar refractivity (Wildman–Crippen MR) is 75.4 cm³/mol. The number of hydrogen-bond acceptors (Lipinski definition) is 2. The molecule has 2 nitrogen and oxygen atoms in total. The van der Waals surface area contributed by atoms with Crippen molar-refractivity contribution in [1.29, 1.82) is 0 Å². The quantitative estimate of drug-likeness (QED) is 0.465. The summed E-state index contributed by atoms with van der Waals surface area (Å²) in [5, 5.41) is 0. The minimum absolute atomic E-state index is 0.219. The molecule has 0 radical (unpaired) electrons. The van der Waals surface area contributed by atoms with Crippen LogP contribution in [-0.4, -0.2) is 12.6 Å². The predicted octanol–water partition coefficient (Wildman–Crippen LogP) is 4.56. The Bertz CT molecular complexity index is 266. The maximum atomic E-state index is 11.3. The molecule has 0 spiro atoms. The first-order valence-corrected chi connectivity index (χ1v) is 7.38. The smallest absolute Gasteiger partial charge is 0.330 e. The molecule has 0 unspecified atom stereocenters. The summed E-state index contributed by atoms with van der Waals surface area (Å²) in [6.07, 6.45) is 20.1. The molecular formula is C16H26O2. The van der Waals surface area contributed by atoms with E-state index in [9.17, 15) is 4.79 Å². The number of cyclic esters (lactones) is 1. The van der Waals surface area contributed by atoms with Crippen LogP contribution in [0.1, 0.15) is 64.2 Å². The number of hydrogen-bond donors (Lipinski definition) is 0. The van der Waals surface area contributed by atoms with Crippen molar-refractivity contribution in [3.63, 3.8) is 0 Å². The average Bonchev–Trinajstić information content (AvgIpc) is 2.37. The van der Waals surface area contributed by atoms with Gasteiger partial charge in [-0.15, -0.1) is 0 Å². The van der Waals surface area contributed by atoms with Crippen LogP contribution in [0.2, 0.25) is 0 Å². The molecule has 1 heterocycles. The number of carbonyl (C=O) groups is 1. The van der Waals surface area contributed by atoms with Gasteiger partial charge in [-0.3, -0.25) is 0 Å². The van der Waals surface area contributed by atoms with Gasteiger partial charge < -0.3 is 4.74 Å². The van der Waals surface area contributed by atoms with Gasteiger partial charge in [0.15, 0.2) is 0 Å². The van der Waals surface area contributed by atoms with Crippen LogP contribution in [0.15, 0.2) is 24.3 Å². The summed E-state index contributed by atoms with van der Waals surface area (Å²) in [6.45, 7) is 0.406. The van der Waals surface area contributed by atoms with E-state index in [4.69, 9.17) is 4.74 Å². The van der Waals surface area contributed by atoms with Crippen LogP contribution in [0, 0.1) is 0 Å². The fourth-order valence-electron chi connectivity index (χ4n) is 2.13. The number of allylic oxidation sites excluding steroid dienone is 2. The lowest BCUT2D eigenvalue weighted by Gasteiger charge is -2.00. The minimum Gasteiger partial charge on any atom is -0.458 e. The molecule has 0 saturated carbocycles. The van der Waals surface area contributed by atoms with Gasteiger partial charge in [0.2, 0.25) is 0 Å². The summed E-state index contributed by atoms with van der Waals surface area (Å²) < 4.78 is 5.05. The molecular weight excluding hydrogens is 224 g/mol. The van der Waals surface area contributed by atoms with Crippen molar-refractivity contribution in [2.45, 2.75) is 64.2 Å². The summed E-state index contributed by atoms with van der Waals surface area (Å²) in [6, 6.07) is 0. The number of esters is 1. The summed E-state index contributed by atoms with van der Waals surface area (Å²) in [7, 11) is 0. The van der Waals surface area contributed by atoms with E-state index in [0.29, 0.717) is 6.61 Å². The van der Waals surface area contributed by atoms with E-state index in [2.05, 4.69) is 6.08 Å². The molecule has 0 N–H and O–H groups in total. The van der Waals surface area contributed by atoms with Gasteiger partial charge in [-0.05, 0) is 25.7 Å². The highest BCUT2D eigenvalue weighted by molar-refractivity contribution is 5.81. The Balaban J connectivity index is 2.25. The second-order valence-corrected chi connectivity index (χ2v) is 4.91. The van der Waals surface area contributed by atoms with Crippen LogP contribution in [0.4, 0.5) is 0 Å². The molecule has 1 aliphatic heterocycles. The Kier molecular flexibility index (Phi) is 9.23. The zero-order valence-corrected chi connectivity index (χ0v) is 11.4. The monoisotopic (exact) mass is 250 g/mol. The number of carbonyl (C=O) groups excluding carboxylic acids is 1. The highest BCUT2D eigenvalue weighted by atomic mass is 16.5. The second kappa shape index (κ2) is 11.1. The third-order valence-electron chi connectivity index (χ3n) is 3.23. The Hall–Kier alpha value is -1.05. The van der Waals surface area contributed by atoms with Crippen LogP contribution in [0.5, 0.6) is 0 Å². The largest absolute Gasteiger partial charge is 0.458 e. The first-order chi connectivity index (χ1) is 8.89. The molecule has 0 fully saturated rings. The third kappa shape index (κ3) is 9.03. The molecule has 1 aliphatic rings. The van der Waals surface area contributed by atoms with Crippen molar-refractivity contribution in [2.75, 3.05) is 6.61 Å². The SMILES string of the molecule is O=C1/C=C\CCCCCCCCCC/C=C/CO1. The molecule has 0 saturated heterocycles. The first kappa shape index (κ1) is 15.0. The Morgan fingerprint density at radius 3 is 1.94 bits per heavy atom. The number of ether oxygens (including phenoxy) is 1. The van der Waals surface area contributed by atoms with Crippen molar-refractivity contribution >= 4 is 5.97 Å². The maximum Gasteiger partial charge on any atom is 0.330 e. The van der Waals surface area contributed by atoms with Crippen molar-refractivity contribution in [3.8, 4) is 0 Å². The van der Waals surface area contributed by atoms with Gasteiger partial charge in [0.05, 0.1) is 0 Å². The second-order valence-electron chi connectivity index (χ2n) is 4.91. The maximum absolute atomic E-state index is 11.3. The molecule has 0 amide bonds. The molecule has 0 aromatic heterocycles. The Morgan fingerprint density at radius 1 is 0.722 bits per heavy atom. The van der Waals surface area contributed by atoms with E-state index in [1.165, 1.54) is 51.4 Å². The molecule has 18 heavy (non-hydrogen) atoms. The van der Waals surface area contributed by atoms with E-state index in [0.717, 1.165) is 12.8 Å². The standard InChI is InChI=1S/C16H26O2/c17-16-14-12-10-8-6-4-2-1-3-5-7-9-11-13-15-18-16/h11-14H,1-10,15H2/b13-11+,14-12-. The van der Waals surface area contributed by atoms with Crippen molar-refractivity contribution < 1.29 is 9.53 Å². The van der Waals surface area contributed by atoms with Gasteiger partial charge in [0.1, 0.15) is 6.61 Å². The fraction of sp³-hybridized carbons (Fsp3) is 0.688. The highest BCUT2D eigenvalue weighted by Crippen LogP contribution is 2.11. The minimum atomic E-state index is -0.219. The molecule has 0 aromatic rings. The summed E-state index contributed by atoms with van der Waals surface area (Å²) in [5.74, 6) is -0.219. The fourth-order valence-corrected chi connectivity index (χ4v) is 2.13. The zero-order valence-electron chi connectivity index (χ0n) is 11.4. The van der Waals surface area contributed by atoms with Crippen LogP contribution in [0.25, 0.3) is 0 Å². The van der Waals surface area contributed by atoms with Crippen LogP contribution in [0.3, 0.4) is 0 Å². The summed E-state index contributed by atoms with van der Waals surface area (Å²) in [4.78, 5) is 11.3. The molecule has 0 aliphatic carbocycles. The Morgan fingerprint density at radius 2 is 1.28 bits per heavy atom. The van der Waals surface area contributed by atoms with E-state index < -0.39 is 0 Å². The van der Waals surface area contributed by atoms with Crippen molar-refractivity contribution in [2.24, 2.45) is 0 Å². The van der Waals surface area contributed by atoms with Gasteiger partial charge in [0, 0.05) is 6.08 Å². The summed E-state index contributed by atoms with van der Waals surface area (Å²) in [5.41, 5.74) is 0. The lowest BCUT2D eigenvalue weighted by atomic mass is 10.1. The lowest BCUT2D eigenvalue weighted by molar-refractivity contribution is -0.136. The topological polar surface area (TPSA) is 26.3 Å². The van der Waals surface area contributed by atoms with E-state index in [1.807, 2.05) is 12.2 Å². The van der Waals surface area contributed by atoms with Gasteiger partial charge in [0.25, 0.3) is 0 Å². The zero-order chi connectivity index (χ0) is 12.9. The third-order valence-corrected chi connectivity index (χ3v) is 3.23. The summed E-state index contributed by atoms with van der Waals surface area (Å²) >= 11 is 0. The normalized spacial score (nSPS) is 24.8. The van der Waals surface area contributed by atoms with E-state index >= 15 is 0 Å². The Labute approximate surface area is 111 Å². The van der Waals surface area contributed by atoms with Gasteiger partial charge in [-0.1, -0.05) is 56.8 Å². The van der Waals surface area contributed by atoms with Gasteiger partial charge in [-0.25, -0.2) is 4.79 Å². The van der Waals surface area contributed by atoms with Crippen LogP contribution < -0.4 is 0 Å². The molecule has 102 valence electrons. The van der Waals surface area contributed by atoms with Crippen LogP contribution in [-0.2, 0) is 9.53 Å². The molecule has 0 aromatic carbocycles. The number of rotatable bonds is 0. The van der Waals surface area contributed by atoms with Crippen molar-refractivity contribution in [3.05, 3.63) is 24.3 Å². The first-order valence-electron chi connectivity index (χ1n) is 7.38. The lowest BCUT2D eigenvalue weighted by Crippen LogP contribution is -1.99. The molecule has 2 heteroatoms. The molecule has 0 bridgehead atoms. The van der Waals surface area contributed by atoms with E-state index in [-0.39, 0.29) is 5.97 Å². The van der Waals surface area contributed by atoms with E-state index in [1.54, 1.807) is 6.08 Å². The van der Waals surface area contributed by atoms with Gasteiger partial charge >= 0.3 is 5.97 Å². The molecule has 1 rings (SSSR count). The molecule has 0 atom stereocenters. The average molecular weight is 250 g/mol. The van der Waals surface area contributed by atoms with Crippen molar-refractivity contribution in [1.82, 2.24) is 0 Å².